The lowest BCUT2D eigenvalue weighted by Gasteiger charge is -2.19. The van der Waals surface area contributed by atoms with E-state index in [9.17, 15) is 15.0 Å². The van der Waals surface area contributed by atoms with Crippen molar-refractivity contribution in [1.82, 2.24) is 0 Å². The SMILES string of the molecule is CC(C)C[C@H](O)[C@@H](C)C(=O)c1ccccc1O. The normalized spacial score (nSPS) is 14.6. The first-order valence-electron chi connectivity index (χ1n) is 5.93. The van der Waals surface area contributed by atoms with Gasteiger partial charge in [-0.2, -0.15) is 0 Å². The summed E-state index contributed by atoms with van der Waals surface area (Å²) < 4.78 is 0. The number of benzene rings is 1. The van der Waals surface area contributed by atoms with Gasteiger partial charge in [0.25, 0.3) is 0 Å². The standard InChI is InChI=1S/C14H20O3/c1-9(2)8-13(16)10(3)14(17)11-6-4-5-7-12(11)15/h4-7,9-10,13,15-16H,8H2,1-3H3/t10-,13+/m1/s1. The van der Waals surface area contributed by atoms with Gasteiger partial charge in [-0.3, -0.25) is 4.79 Å². The van der Waals surface area contributed by atoms with Crippen LogP contribution in [0.2, 0.25) is 0 Å². The van der Waals surface area contributed by atoms with Crippen LogP contribution >= 0.6 is 0 Å². The average Bonchev–Trinajstić information content (AvgIpc) is 2.27. The van der Waals surface area contributed by atoms with Crippen molar-refractivity contribution in [3.63, 3.8) is 0 Å². The molecule has 0 aromatic heterocycles. The number of phenols is 1. The quantitative estimate of drug-likeness (QED) is 0.773. The summed E-state index contributed by atoms with van der Waals surface area (Å²) in [5.41, 5.74) is 0.280. The zero-order chi connectivity index (χ0) is 13.0. The van der Waals surface area contributed by atoms with Crippen molar-refractivity contribution in [1.29, 1.82) is 0 Å². The topological polar surface area (TPSA) is 57.5 Å². The molecule has 0 bridgehead atoms. The first kappa shape index (κ1) is 13.7. The Labute approximate surface area is 102 Å². The summed E-state index contributed by atoms with van der Waals surface area (Å²) in [7, 11) is 0. The fraction of sp³-hybridized carbons (Fsp3) is 0.500. The average molecular weight is 236 g/mol. The number of ketones is 1. The number of carbonyl (C=O) groups is 1. The maximum atomic E-state index is 12.1. The molecule has 0 radical (unpaired) electrons. The zero-order valence-corrected chi connectivity index (χ0v) is 10.6. The summed E-state index contributed by atoms with van der Waals surface area (Å²) >= 11 is 0. The molecule has 1 rings (SSSR count). The van der Waals surface area contributed by atoms with Crippen LogP contribution in [-0.4, -0.2) is 22.1 Å². The van der Waals surface area contributed by atoms with Gasteiger partial charge in [-0.25, -0.2) is 0 Å². The Morgan fingerprint density at radius 2 is 1.82 bits per heavy atom. The summed E-state index contributed by atoms with van der Waals surface area (Å²) in [4.78, 5) is 12.1. The number of para-hydroxylation sites is 1. The van der Waals surface area contributed by atoms with Crippen molar-refractivity contribution in [3.05, 3.63) is 29.8 Å². The smallest absolute Gasteiger partial charge is 0.171 e. The second-order valence-electron chi connectivity index (χ2n) is 4.87. The number of phenolic OH excluding ortho intramolecular Hbond substituents is 1. The third-order valence-corrected chi connectivity index (χ3v) is 2.87. The highest BCUT2D eigenvalue weighted by atomic mass is 16.3. The lowest BCUT2D eigenvalue weighted by Crippen LogP contribution is -2.27. The van der Waals surface area contributed by atoms with E-state index in [0.717, 1.165) is 0 Å². The first-order chi connectivity index (χ1) is 7.93. The zero-order valence-electron chi connectivity index (χ0n) is 10.6. The fourth-order valence-corrected chi connectivity index (χ4v) is 1.79. The Balaban J connectivity index is 2.80. The summed E-state index contributed by atoms with van der Waals surface area (Å²) in [6.07, 6.45) is -0.0809. The molecule has 0 aliphatic carbocycles. The highest BCUT2D eigenvalue weighted by molar-refractivity contribution is 6.00. The van der Waals surface area contributed by atoms with Gasteiger partial charge in [0, 0.05) is 5.92 Å². The molecule has 3 heteroatoms. The van der Waals surface area contributed by atoms with Crippen LogP contribution in [0, 0.1) is 11.8 Å². The fourth-order valence-electron chi connectivity index (χ4n) is 1.79. The number of aliphatic hydroxyl groups is 1. The molecule has 0 saturated heterocycles. The molecule has 2 atom stereocenters. The van der Waals surface area contributed by atoms with E-state index in [-0.39, 0.29) is 17.1 Å². The Hall–Kier alpha value is -1.35. The molecule has 0 heterocycles. The van der Waals surface area contributed by atoms with Crippen molar-refractivity contribution < 1.29 is 15.0 Å². The monoisotopic (exact) mass is 236 g/mol. The number of hydrogen-bond donors (Lipinski definition) is 2. The van der Waals surface area contributed by atoms with Crippen LogP contribution in [0.1, 0.15) is 37.6 Å². The van der Waals surface area contributed by atoms with E-state index in [0.29, 0.717) is 12.3 Å². The molecule has 0 unspecified atom stereocenters. The third kappa shape index (κ3) is 3.56. The van der Waals surface area contributed by atoms with Crippen molar-refractivity contribution in [2.75, 3.05) is 0 Å². The van der Waals surface area contributed by atoms with Crippen molar-refractivity contribution >= 4 is 5.78 Å². The molecule has 1 aromatic carbocycles. The van der Waals surface area contributed by atoms with Gasteiger partial charge in [-0.15, -0.1) is 0 Å². The van der Waals surface area contributed by atoms with Crippen molar-refractivity contribution in [3.8, 4) is 5.75 Å². The molecule has 0 saturated carbocycles. The van der Waals surface area contributed by atoms with Gasteiger partial charge in [0.1, 0.15) is 5.75 Å². The number of rotatable bonds is 5. The molecular weight excluding hydrogens is 216 g/mol. The Morgan fingerprint density at radius 3 is 2.35 bits per heavy atom. The first-order valence-corrected chi connectivity index (χ1v) is 5.93. The van der Waals surface area contributed by atoms with Crippen LogP contribution in [0.3, 0.4) is 0 Å². The number of carbonyl (C=O) groups excluding carboxylic acids is 1. The molecule has 17 heavy (non-hydrogen) atoms. The van der Waals surface area contributed by atoms with Gasteiger partial charge in [-0.1, -0.05) is 32.9 Å². The van der Waals surface area contributed by atoms with Crippen LogP contribution in [0.5, 0.6) is 5.75 Å². The lowest BCUT2D eigenvalue weighted by atomic mass is 9.89. The second-order valence-corrected chi connectivity index (χ2v) is 4.87. The minimum absolute atomic E-state index is 0.0268. The van der Waals surface area contributed by atoms with Crippen molar-refractivity contribution in [2.24, 2.45) is 11.8 Å². The summed E-state index contributed by atoms with van der Waals surface area (Å²) in [6, 6.07) is 6.43. The molecule has 0 aliphatic rings. The Kier molecular flexibility index (Phi) is 4.70. The Bertz CT molecular complexity index is 385. The highest BCUT2D eigenvalue weighted by Gasteiger charge is 2.25. The van der Waals surface area contributed by atoms with Crippen LogP contribution in [0.25, 0.3) is 0 Å². The second kappa shape index (κ2) is 5.82. The van der Waals surface area contributed by atoms with E-state index in [2.05, 4.69) is 0 Å². The molecule has 2 N–H and O–H groups in total. The summed E-state index contributed by atoms with van der Waals surface area (Å²) in [5.74, 6) is -0.396. The van der Waals surface area contributed by atoms with Crippen LogP contribution < -0.4 is 0 Å². The minimum Gasteiger partial charge on any atom is -0.507 e. The molecule has 3 nitrogen and oxygen atoms in total. The van der Waals surface area contributed by atoms with Crippen LogP contribution in [0.15, 0.2) is 24.3 Å². The van der Waals surface area contributed by atoms with Crippen molar-refractivity contribution in [2.45, 2.75) is 33.3 Å². The molecule has 0 amide bonds. The summed E-state index contributed by atoms with van der Waals surface area (Å²) in [6.45, 7) is 5.70. The maximum Gasteiger partial charge on any atom is 0.171 e. The van der Waals surface area contributed by atoms with Gasteiger partial charge in [0.15, 0.2) is 5.78 Å². The minimum atomic E-state index is -0.665. The van der Waals surface area contributed by atoms with Gasteiger partial charge >= 0.3 is 0 Å². The predicted octanol–water partition coefficient (Wildman–Crippen LogP) is 2.62. The third-order valence-electron chi connectivity index (χ3n) is 2.87. The molecule has 94 valence electrons. The van der Waals surface area contributed by atoms with Crippen LogP contribution in [-0.2, 0) is 0 Å². The van der Waals surface area contributed by atoms with Gasteiger partial charge in [0.05, 0.1) is 11.7 Å². The summed E-state index contributed by atoms with van der Waals surface area (Å²) in [5, 5.41) is 19.5. The molecular formula is C14H20O3. The molecule has 0 aliphatic heterocycles. The van der Waals surface area contributed by atoms with E-state index in [1.807, 2.05) is 13.8 Å². The molecule has 1 aromatic rings. The largest absolute Gasteiger partial charge is 0.507 e. The predicted molar refractivity (Wildman–Crippen MR) is 67.1 cm³/mol. The number of aliphatic hydroxyl groups excluding tert-OH is 1. The highest BCUT2D eigenvalue weighted by Crippen LogP contribution is 2.23. The van der Waals surface area contributed by atoms with E-state index in [1.165, 1.54) is 6.07 Å². The van der Waals surface area contributed by atoms with E-state index < -0.39 is 12.0 Å². The van der Waals surface area contributed by atoms with E-state index >= 15 is 0 Å². The molecule has 0 fully saturated rings. The van der Waals surface area contributed by atoms with Crippen LogP contribution in [0.4, 0.5) is 0 Å². The number of Topliss-reactive ketones (excluding diaryl/α,β-unsaturated/α-hetero) is 1. The van der Waals surface area contributed by atoms with Gasteiger partial charge in [-0.05, 0) is 24.5 Å². The van der Waals surface area contributed by atoms with E-state index in [1.54, 1.807) is 25.1 Å². The molecule has 0 spiro atoms. The number of aromatic hydroxyl groups is 1. The lowest BCUT2D eigenvalue weighted by molar-refractivity contribution is 0.0649. The maximum absolute atomic E-state index is 12.1. The van der Waals surface area contributed by atoms with Gasteiger partial charge in [0.2, 0.25) is 0 Å². The Morgan fingerprint density at radius 1 is 1.24 bits per heavy atom. The number of hydrogen-bond acceptors (Lipinski definition) is 3. The van der Waals surface area contributed by atoms with Gasteiger partial charge < -0.3 is 10.2 Å². The van der Waals surface area contributed by atoms with E-state index in [4.69, 9.17) is 0 Å².